The van der Waals surface area contributed by atoms with Crippen LogP contribution in [0.1, 0.15) is 20.3 Å². The molecule has 0 saturated heterocycles. The molecule has 0 aliphatic rings. The third-order valence-electron chi connectivity index (χ3n) is 4.05. The van der Waals surface area contributed by atoms with Crippen LogP contribution in [0.25, 0.3) is 17.0 Å². The van der Waals surface area contributed by atoms with Crippen molar-refractivity contribution in [1.29, 1.82) is 0 Å². The Morgan fingerprint density at radius 3 is 2.75 bits per heavy atom. The van der Waals surface area contributed by atoms with Crippen molar-refractivity contribution in [2.24, 2.45) is 5.41 Å². The fraction of sp³-hybridized carbons (Fsp3) is 0.389. The molecule has 2 aromatic heterocycles. The second-order valence-corrected chi connectivity index (χ2v) is 6.63. The van der Waals surface area contributed by atoms with Crippen LogP contribution in [0, 0.1) is 5.41 Å². The van der Waals surface area contributed by atoms with Crippen molar-refractivity contribution >= 4 is 11.6 Å². The summed E-state index contributed by atoms with van der Waals surface area (Å²) in [4.78, 5) is 8.83. The quantitative estimate of drug-likeness (QED) is 0.722. The highest BCUT2D eigenvalue weighted by atomic mass is 16.5. The minimum Gasteiger partial charge on any atom is -0.385 e. The number of nitrogens with one attached hydrogen (secondary N) is 1. The maximum atomic E-state index is 5.20. The van der Waals surface area contributed by atoms with Crippen LogP contribution in [-0.2, 0) is 4.74 Å². The van der Waals surface area contributed by atoms with E-state index >= 15 is 0 Å². The molecule has 0 aliphatic heterocycles. The molecule has 2 heterocycles. The maximum absolute atomic E-state index is 5.20. The maximum Gasteiger partial charge on any atom is 0.254 e. The van der Waals surface area contributed by atoms with Crippen LogP contribution >= 0.6 is 0 Å². The molecule has 6 nitrogen and oxygen atoms in total. The van der Waals surface area contributed by atoms with Crippen LogP contribution in [0.4, 0.5) is 5.82 Å². The second kappa shape index (κ2) is 6.97. The molecule has 1 N–H and O–H groups in total. The first kappa shape index (κ1) is 16.4. The van der Waals surface area contributed by atoms with Crippen LogP contribution in [0.5, 0.6) is 0 Å². The average Bonchev–Trinajstić information content (AvgIpc) is 3.07. The van der Waals surface area contributed by atoms with E-state index in [0.717, 1.165) is 36.6 Å². The summed E-state index contributed by atoms with van der Waals surface area (Å²) >= 11 is 0. The molecule has 0 unspecified atom stereocenters. The van der Waals surface area contributed by atoms with Gasteiger partial charge >= 0.3 is 0 Å². The SMILES string of the molecule is COCCC(C)(C)CNc1cc(-c2ccccc2)nc2ncnn12. The van der Waals surface area contributed by atoms with E-state index in [0.29, 0.717) is 5.78 Å². The summed E-state index contributed by atoms with van der Waals surface area (Å²) in [5, 5.41) is 7.77. The van der Waals surface area contributed by atoms with Gasteiger partial charge in [-0.3, -0.25) is 0 Å². The number of rotatable bonds is 7. The van der Waals surface area contributed by atoms with Crippen molar-refractivity contribution in [3.05, 3.63) is 42.7 Å². The zero-order valence-electron chi connectivity index (χ0n) is 14.4. The van der Waals surface area contributed by atoms with Gasteiger partial charge in [0.15, 0.2) is 0 Å². The summed E-state index contributed by atoms with van der Waals surface area (Å²) in [7, 11) is 1.73. The smallest absolute Gasteiger partial charge is 0.254 e. The van der Waals surface area contributed by atoms with Gasteiger partial charge in [-0.2, -0.15) is 14.6 Å². The molecule has 0 aliphatic carbocycles. The van der Waals surface area contributed by atoms with E-state index < -0.39 is 0 Å². The van der Waals surface area contributed by atoms with E-state index in [4.69, 9.17) is 4.74 Å². The van der Waals surface area contributed by atoms with Crippen molar-refractivity contribution in [2.75, 3.05) is 25.6 Å². The fourth-order valence-electron chi connectivity index (χ4n) is 2.49. The van der Waals surface area contributed by atoms with Gasteiger partial charge in [0.25, 0.3) is 5.78 Å². The second-order valence-electron chi connectivity index (χ2n) is 6.63. The van der Waals surface area contributed by atoms with Crippen molar-refractivity contribution in [3.63, 3.8) is 0 Å². The minimum atomic E-state index is 0.110. The highest BCUT2D eigenvalue weighted by Crippen LogP contribution is 2.24. The van der Waals surface area contributed by atoms with Gasteiger partial charge < -0.3 is 10.1 Å². The van der Waals surface area contributed by atoms with E-state index in [1.54, 1.807) is 11.6 Å². The van der Waals surface area contributed by atoms with E-state index in [1.807, 2.05) is 36.4 Å². The fourth-order valence-corrected chi connectivity index (χ4v) is 2.49. The van der Waals surface area contributed by atoms with E-state index in [1.165, 1.54) is 6.33 Å². The predicted octanol–water partition coefficient (Wildman–Crippen LogP) is 3.27. The lowest BCUT2D eigenvalue weighted by molar-refractivity contribution is 0.157. The normalized spacial score (nSPS) is 11.8. The van der Waals surface area contributed by atoms with E-state index in [9.17, 15) is 0 Å². The Hall–Kier alpha value is -2.47. The monoisotopic (exact) mass is 325 g/mol. The van der Waals surface area contributed by atoms with Gasteiger partial charge in [0, 0.05) is 31.9 Å². The third kappa shape index (κ3) is 3.71. The van der Waals surface area contributed by atoms with E-state index in [2.05, 4.69) is 34.2 Å². The Labute approximate surface area is 141 Å². The lowest BCUT2D eigenvalue weighted by Gasteiger charge is -2.25. The zero-order valence-corrected chi connectivity index (χ0v) is 14.4. The first-order valence-electron chi connectivity index (χ1n) is 8.08. The first-order valence-corrected chi connectivity index (χ1v) is 8.08. The highest BCUT2D eigenvalue weighted by Gasteiger charge is 2.18. The average molecular weight is 325 g/mol. The summed E-state index contributed by atoms with van der Waals surface area (Å²) in [6.45, 7) is 6.00. The van der Waals surface area contributed by atoms with Crippen molar-refractivity contribution < 1.29 is 4.74 Å². The van der Waals surface area contributed by atoms with Crippen LogP contribution in [-0.4, -0.2) is 39.8 Å². The van der Waals surface area contributed by atoms with Crippen LogP contribution < -0.4 is 5.32 Å². The number of anilines is 1. The number of aromatic nitrogens is 4. The Bertz CT molecular complexity index is 798. The molecule has 0 amide bonds. The summed E-state index contributed by atoms with van der Waals surface area (Å²) in [6.07, 6.45) is 2.51. The van der Waals surface area contributed by atoms with Gasteiger partial charge in [-0.1, -0.05) is 44.2 Å². The molecule has 0 atom stereocenters. The molecule has 3 rings (SSSR count). The molecule has 0 saturated carbocycles. The number of hydrogen-bond acceptors (Lipinski definition) is 5. The van der Waals surface area contributed by atoms with Gasteiger partial charge in [0.05, 0.1) is 5.69 Å². The predicted molar refractivity (Wildman–Crippen MR) is 95.0 cm³/mol. The summed E-state index contributed by atoms with van der Waals surface area (Å²) in [5.41, 5.74) is 2.05. The summed E-state index contributed by atoms with van der Waals surface area (Å²) < 4.78 is 6.93. The number of hydrogen-bond donors (Lipinski definition) is 1. The molecule has 6 heteroatoms. The Balaban J connectivity index is 1.88. The standard InChI is InChI=1S/C18H23N5O/c1-18(2,9-10-24-3)12-19-16-11-15(14-7-5-4-6-8-14)22-17-20-13-21-23(16)17/h4-8,11,13,19H,9-10,12H2,1-3H3. The van der Waals surface area contributed by atoms with Crippen LogP contribution in [0.2, 0.25) is 0 Å². The van der Waals surface area contributed by atoms with Crippen molar-refractivity contribution in [3.8, 4) is 11.3 Å². The van der Waals surface area contributed by atoms with Gasteiger partial charge in [0.2, 0.25) is 0 Å². The van der Waals surface area contributed by atoms with Crippen LogP contribution in [0.3, 0.4) is 0 Å². The van der Waals surface area contributed by atoms with Crippen LogP contribution in [0.15, 0.2) is 42.7 Å². The minimum absolute atomic E-state index is 0.110. The Morgan fingerprint density at radius 1 is 1.21 bits per heavy atom. The molecular formula is C18H23N5O. The van der Waals surface area contributed by atoms with Gasteiger partial charge in [-0.05, 0) is 11.8 Å². The number of benzene rings is 1. The van der Waals surface area contributed by atoms with E-state index in [-0.39, 0.29) is 5.41 Å². The molecule has 0 fully saturated rings. The van der Waals surface area contributed by atoms with Gasteiger partial charge in [-0.25, -0.2) is 4.98 Å². The van der Waals surface area contributed by atoms with Crippen molar-refractivity contribution in [1.82, 2.24) is 19.6 Å². The number of ether oxygens (including phenoxy) is 1. The number of fused-ring (bicyclic) bond motifs is 1. The first-order chi connectivity index (χ1) is 11.6. The molecular weight excluding hydrogens is 302 g/mol. The van der Waals surface area contributed by atoms with Gasteiger partial charge in [-0.15, -0.1) is 0 Å². The van der Waals surface area contributed by atoms with Gasteiger partial charge in [0.1, 0.15) is 12.1 Å². The molecule has 0 radical (unpaired) electrons. The number of methoxy groups -OCH3 is 1. The molecule has 0 bridgehead atoms. The zero-order chi connectivity index (χ0) is 17.0. The number of nitrogens with zero attached hydrogens (tertiary/aromatic N) is 4. The summed E-state index contributed by atoms with van der Waals surface area (Å²) in [6, 6.07) is 12.1. The topological polar surface area (TPSA) is 64.3 Å². The largest absolute Gasteiger partial charge is 0.385 e. The lowest BCUT2D eigenvalue weighted by Crippen LogP contribution is -2.25. The van der Waals surface area contributed by atoms with Crippen molar-refractivity contribution in [2.45, 2.75) is 20.3 Å². The molecule has 1 aromatic carbocycles. The lowest BCUT2D eigenvalue weighted by atomic mass is 9.90. The molecule has 24 heavy (non-hydrogen) atoms. The Morgan fingerprint density at radius 2 is 2.00 bits per heavy atom. The molecule has 3 aromatic rings. The summed E-state index contributed by atoms with van der Waals surface area (Å²) in [5.74, 6) is 1.48. The highest BCUT2D eigenvalue weighted by molar-refractivity contribution is 5.65. The molecule has 126 valence electrons. The Kier molecular flexibility index (Phi) is 4.76. The third-order valence-corrected chi connectivity index (χ3v) is 4.05. The molecule has 0 spiro atoms.